The molecule has 0 spiro atoms. The van der Waals surface area contributed by atoms with Gasteiger partial charge in [-0.3, -0.25) is 4.79 Å². The van der Waals surface area contributed by atoms with Crippen LogP contribution in [0, 0.1) is 0 Å². The molecular weight excluding hydrogens is 238 g/mol. The molecule has 1 aromatic rings. The first-order chi connectivity index (χ1) is 9.29. The summed E-state index contributed by atoms with van der Waals surface area (Å²) in [5.74, 6) is 0.736. The number of fused-ring (bicyclic) bond motifs is 1. The number of para-hydroxylation sites is 1. The van der Waals surface area contributed by atoms with E-state index in [-0.39, 0.29) is 5.91 Å². The fraction of sp³-hybridized carbons (Fsp3) is 0.533. The summed E-state index contributed by atoms with van der Waals surface area (Å²) in [5, 5.41) is 0. The van der Waals surface area contributed by atoms with Crippen LogP contribution in [0.15, 0.2) is 24.3 Å². The van der Waals surface area contributed by atoms with Crippen LogP contribution in [-0.4, -0.2) is 43.5 Å². The number of nitrogens with two attached hydrogens (primary N) is 1. The summed E-state index contributed by atoms with van der Waals surface area (Å²) in [4.78, 5) is 16.3. The molecule has 3 rings (SSSR count). The van der Waals surface area contributed by atoms with Gasteiger partial charge in [0.15, 0.2) is 0 Å². The SMILES string of the molecule is NCCC1CN(CC(=O)N2CCC2)c2ccccc21. The van der Waals surface area contributed by atoms with Crippen LogP contribution >= 0.6 is 0 Å². The van der Waals surface area contributed by atoms with Gasteiger partial charge < -0.3 is 15.5 Å². The maximum atomic E-state index is 12.1. The molecule has 0 saturated carbocycles. The standard InChI is InChI=1S/C15H21N3O/c16-7-6-12-10-18(11-15(19)17-8-3-9-17)14-5-2-1-4-13(12)14/h1-2,4-5,12H,3,6-11,16H2. The van der Waals surface area contributed by atoms with Crippen molar-refractivity contribution in [2.24, 2.45) is 5.73 Å². The molecule has 1 fully saturated rings. The van der Waals surface area contributed by atoms with Crippen molar-refractivity contribution in [2.75, 3.05) is 37.6 Å². The van der Waals surface area contributed by atoms with Crippen molar-refractivity contribution >= 4 is 11.6 Å². The summed E-state index contributed by atoms with van der Waals surface area (Å²) in [6, 6.07) is 8.41. The first-order valence-corrected chi connectivity index (χ1v) is 7.11. The molecule has 0 radical (unpaired) electrons. The molecule has 4 nitrogen and oxygen atoms in total. The van der Waals surface area contributed by atoms with Crippen LogP contribution in [0.2, 0.25) is 0 Å². The molecule has 1 amide bonds. The summed E-state index contributed by atoms with van der Waals surface area (Å²) in [5.41, 5.74) is 8.27. The Labute approximate surface area is 114 Å². The van der Waals surface area contributed by atoms with Gasteiger partial charge in [0.2, 0.25) is 5.91 Å². The van der Waals surface area contributed by atoms with Gasteiger partial charge in [0.25, 0.3) is 0 Å². The lowest BCUT2D eigenvalue weighted by atomic mass is 9.98. The van der Waals surface area contributed by atoms with Crippen LogP contribution in [-0.2, 0) is 4.79 Å². The third-order valence-corrected chi connectivity index (χ3v) is 4.21. The molecule has 1 unspecified atom stereocenters. The van der Waals surface area contributed by atoms with Crippen molar-refractivity contribution in [2.45, 2.75) is 18.8 Å². The minimum absolute atomic E-state index is 0.259. The van der Waals surface area contributed by atoms with E-state index in [1.54, 1.807) is 0 Å². The third kappa shape index (κ3) is 2.32. The van der Waals surface area contributed by atoms with E-state index >= 15 is 0 Å². The number of amides is 1. The Hall–Kier alpha value is -1.55. The molecule has 1 saturated heterocycles. The van der Waals surface area contributed by atoms with Crippen molar-refractivity contribution in [1.82, 2.24) is 4.90 Å². The predicted molar refractivity (Wildman–Crippen MR) is 76.3 cm³/mol. The molecule has 2 aliphatic heterocycles. The number of rotatable bonds is 4. The highest BCUT2D eigenvalue weighted by Gasteiger charge is 2.30. The van der Waals surface area contributed by atoms with Gasteiger partial charge in [-0.15, -0.1) is 0 Å². The molecule has 19 heavy (non-hydrogen) atoms. The maximum Gasteiger partial charge on any atom is 0.242 e. The Bertz CT molecular complexity index is 470. The van der Waals surface area contributed by atoms with Gasteiger partial charge in [-0.2, -0.15) is 0 Å². The molecule has 2 N–H and O–H groups in total. The summed E-state index contributed by atoms with van der Waals surface area (Å²) >= 11 is 0. The summed E-state index contributed by atoms with van der Waals surface area (Å²) in [6.45, 7) is 4.00. The molecule has 0 aliphatic carbocycles. The number of carbonyl (C=O) groups excluding carboxylic acids is 1. The maximum absolute atomic E-state index is 12.1. The quantitative estimate of drug-likeness (QED) is 0.883. The van der Waals surface area contributed by atoms with Crippen molar-refractivity contribution in [3.8, 4) is 0 Å². The highest BCUT2D eigenvalue weighted by Crippen LogP contribution is 2.37. The molecule has 0 bridgehead atoms. The lowest BCUT2D eigenvalue weighted by Crippen LogP contribution is -2.47. The van der Waals surface area contributed by atoms with E-state index in [1.165, 1.54) is 11.3 Å². The average molecular weight is 259 g/mol. The van der Waals surface area contributed by atoms with E-state index in [1.807, 2.05) is 11.0 Å². The van der Waals surface area contributed by atoms with Gasteiger partial charge in [-0.25, -0.2) is 0 Å². The second-order valence-electron chi connectivity index (χ2n) is 5.45. The van der Waals surface area contributed by atoms with Gasteiger partial charge in [0, 0.05) is 31.2 Å². The molecule has 2 aliphatic rings. The molecule has 4 heteroatoms. The van der Waals surface area contributed by atoms with E-state index < -0.39 is 0 Å². The Morgan fingerprint density at radius 1 is 1.32 bits per heavy atom. The van der Waals surface area contributed by atoms with Crippen LogP contribution in [0.1, 0.15) is 24.3 Å². The molecular formula is C15H21N3O. The van der Waals surface area contributed by atoms with E-state index in [4.69, 9.17) is 5.73 Å². The lowest BCUT2D eigenvalue weighted by molar-refractivity contribution is -0.133. The van der Waals surface area contributed by atoms with Crippen LogP contribution in [0.25, 0.3) is 0 Å². The van der Waals surface area contributed by atoms with Gasteiger partial charge in [0.05, 0.1) is 6.54 Å². The van der Waals surface area contributed by atoms with Gasteiger partial charge >= 0.3 is 0 Å². The zero-order valence-corrected chi connectivity index (χ0v) is 11.2. The molecule has 102 valence electrons. The van der Waals surface area contributed by atoms with Crippen LogP contribution in [0.3, 0.4) is 0 Å². The van der Waals surface area contributed by atoms with E-state index in [9.17, 15) is 4.79 Å². The van der Waals surface area contributed by atoms with E-state index in [0.717, 1.165) is 32.5 Å². The normalized spacial score (nSPS) is 21.2. The fourth-order valence-electron chi connectivity index (χ4n) is 3.01. The first kappa shape index (κ1) is 12.5. The van der Waals surface area contributed by atoms with Gasteiger partial charge in [0.1, 0.15) is 0 Å². The van der Waals surface area contributed by atoms with Gasteiger partial charge in [-0.05, 0) is 31.0 Å². The van der Waals surface area contributed by atoms with Crippen LogP contribution in [0.4, 0.5) is 5.69 Å². The highest BCUT2D eigenvalue weighted by atomic mass is 16.2. The smallest absolute Gasteiger partial charge is 0.242 e. The summed E-state index contributed by atoms with van der Waals surface area (Å²) < 4.78 is 0. The fourth-order valence-corrected chi connectivity index (χ4v) is 3.01. The second kappa shape index (κ2) is 5.21. The minimum Gasteiger partial charge on any atom is -0.361 e. The van der Waals surface area contributed by atoms with Crippen molar-refractivity contribution in [3.05, 3.63) is 29.8 Å². The van der Waals surface area contributed by atoms with Crippen molar-refractivity contribution in [3.63, 3.8) is 0 Å². The highest BCUT2D eigenvalue weighted by molar-refractivity contribution is 5.83. The summed E-state index contributed by atoms with van der Waals surface area (Å²) in [7, 11) is 0. The number of anilines is 1. The number of nitrogens with zero attached hydrogens (tertiary/aromatic N) is 2. The first-order valence-electron chi connectivity index (χ1n) is 7.11. The number of carbonyl (C=O) groups is 1. The van der Waals surface area contributed by atoms with Crippen LogP contribution in [0.5, 0.6) is 0 Å². The predicted octanol–water partition coefficient (Wildman–Crippen LogP) is 1.17. The zero-order valence-electron chi connectivity index (χ0n) is 11.2. The Morgan fingerprint density at radius 3 is 2.79 bits per heavy atom. The van der Waals surface area contributed by atoms with Crippen molar-refractivity contribution in [1.29, 1.82) is 0 Å². The van der Waals surface area contributed by atoms with Crippen molar-refractivity contribution < 1.29 is 4.79 Å². The van der Waals surface area contributed by atoms with Crippen LogP contribution < -0.4 is 10.6 Å². The number of likely N-dealkylation sites (tertiary alicyclic amines) is 1. The average Bonchev–Trinajstić information content (AvgIpc) is 2.67. The molecule has 1 aromatic carbocycles. The summed E-state index contributed by atoms with van der Waals surface area (Å²) in [6.07, 6.45) is 2.14. The number of hydrogen-bond acceptors (Lipinski definition) is 3. The van der Waals surface area contributed by atoms with Gasteiger partial charge in [-0.1, -0.05) is 18.2 Å². The monoisotopic (exact) mass is 259 g/mol. The van der Waals surface area contributed by atoms with E-state index in [2.05, 4.69) is 23.1 Å². The minimum atomic E-state index is 0.259. The van der Waals surface area contributed by atoms with E-state index in [0.29, 0.717) is 19.0 Å². The molecule has 1 atom stereocenters. The number of benzene rings is 1. The third-order valence-electron chi connectivity index (χ3n) is 4.21. The zero-order chi connectivity index (χ0) is 13.2. The molecule has 2 heterocycles. The Balaban J connectivity index is 1.74. The Morgan fingerprint density at radius 2 is 2.11 bits per heavy atom. The molecule has 0 aromatic heterocycles. The largest absolute Gasteiger partial charge is 0.361 e. The lowest BCUT2D eigenvalue weighted by Gasteiger charge is -2.33. The Kier molecular flexibility index (Phi) is 3.42. The topological polar surface area (TPSA) is 49.6 Å². The number of hydrogen-bond donors (Lipinski definition) is 1. The second-order valence-corrected chi connectivity index (χ2v) is 5.45.